The Balaban J connectivity index is 2.77. The van der Waals surface area contributed by atoms with Gasteiger partial charge in [0.2, 0.25) is 5.95 Å². The van der Waals surface area contributed by atoms with Gasteiger partial charge in [-0.1, -0.05) is 13.3 Å². The molecule has 0 aliphatic carbocycles. The van der Waals surface area contributed by atoms with Gasteiger partial charge < -0.3 is 15.0 Å². The predicted octanol–water partition coefficient (Wildman–Crippen LogP) is 1.40. The smallest absolute Gasteiger partial charge is 0.270 e. The van der Waals surface area contributed by atoms with Gasteiger partial charge in [0.15, 0.2) is 0 Å². The van der Waals surface area contributed by atoms with E-state index in [-0.39, 0.29) is 5.91 Å². The molecule has 0 aliphatic rings. The minimum absolute atomic E-state index is 0.197. The number of amides is 1. The van der Waals surface area contributed by atoms with Crippen molar-refractivity contribution in [3.05, 3.63) is 17.5 Å². The van der Waals surface area contributed by atoms with Crippen LogP contribution in [0.25, 0.3) is 0 Å². The lowest BCUT2D eigenvalue weighted by atomic mass is 10.3. The molecule has 6 nitrogen and oxygen atoms in total. The van der Waals surface area contributed by atoms with E-state index >= 15 is 0 Å². The average molecular weight is 280 g/mol. The molecule has 1 aromatic heterocycles. The van der Waals surface area contributed by atoms with Gasteiger partial charge in [-0.25, -0.2) is 9.97 Å². The Kier molecular flexibility index (Phi) is 6.93. The molecule has 0 aliphatic heterocycles. The number of methoxy groups -OCH3 is 1. The largest absolute Gasteiger partial charge is 0.383 e. The quantitative estimate of drug-likeness (QED) is 0.729. The molecule has 0 aromatic carbocycles. The summed E-state index contributed by atoms with van der Waals surface area (Å²) in [5, 5.41) is 2.76. The van der Waals surface area contributed by atoms with E-state index in [1.54, 1.807) is 13.2 Å². The number of nitrogens with zero attached hydrogens (tertiary/aromatic N) is 3. The highest BCUT2D eigenvalue weighted by atomic mass is 16.5. The second-order valence-electron chi connectivity index (χ2n) is 4.72. The van der Waals surface area contributed by atoms with Crippen LogP contribution in [0.15, 0.2) is 6.07 Å². The second kappa shape index (κ2) is 8.47. The second-order valence-corrected chi connectivity index (χ2v) is 4.72. The first-order chi connectivity index (χ1) is 9.58. The van der Waals surface area contributed by atoms with Crippen LogP contribution in [-0.2, 0) is 4.74 Å². The Morgan fingerprint density at radius 1 is 1.45 bits per heavy atom. The standard InChI is InChI=1S/C14H24N4O2/c1-5-6-8-18(3)14-16-11(2)10-12(17-14)13(19)15-7-9-20-4/h10H,5-9H2,1-4H3,(H,15,19). The molecule has 0 unspecified atom stereocenters. The Morgan fingerprint density at radius 2 is 2.20 bits per heavy atom. The Bertz CT molecular complexity index is 437. The van der Waals surface area contributed by atoms with Crippen molar-refractivity contribution in [2.24, 2.45) is 0 Å². The predicted molar refractivity (Wildman–Crippen MR) is 79.2 cm³/mol. The lowest BCUT2D eigenvalue weighted by Gasteiger charge is -2.17. The van der Waals surface area contributed by atoms with Crippen LogP contribution in [0.4, 0.5) is 5.95 Å². The van der Waals surface area contributed by atoms with Gasteiger partial charge >= 0.3 is 0 Å². The summed E-state index contributed by atoms with van der Waals surface area (Å²) in [4.78, 5) is 22.7. The van der Waals surface area contributed by atoms with Gasteiger partial charge in [-0.05, 0) is 19.4 Å². The van der Waals surface area contributed by atoms with E-state index in [9.17, 15) is 4.79 Å². The number of carbonyl (C=O) groups is 1. The summed E-state index contributed by atoms with van der Waals surface area (Å²) in [5.74, 6) is 0.396. The minimum Gasteiger partial charge on any atom is -0.383 e. The van der Waals surface area contributed by atoms with Crippen molar-refractivity contribution in [1.82, 2.24) is 15.3 Å². The molecule has 6 heteroatoms. The van der Waals surface area contributed by atoms with E-state index in [1.165, 1.54) is 0 Å². The van der Waals surface area contributed by atoms with Gasteiger partial charge in [0.05, 0.1) is 6.61 Å². The summed E-state index contributed by atoms with van der Waals surface area (Å²) in [6.07, 6.45) is 2.18. The minimum atomic E-state index is -0.197. The maximum Gasteiger partial charge on any atom is 0.270 e. The van der Waals surface area contributed by atoms with Crippen LogP contribution in [0.2, 0.25) is 0 Å². The molecule has 0 saturated heterocycles. The third kappa shape index (κ3) is 5.13. The maximum absolute atomic E-state index is 12.0. The van der Waals surface area contributed by atoms with Crippen LogP contribution in [0.5, 0.6) is 0 Å². The maximum atomic E-state index is 12.0. The van der Waals surface area contributed by atoms with E-state index in [2.05, 4.69) is 22.2 Å². The fourth-order valence-electron chi connectivity index (χ4n) is 1.69. The molecule has 1 amide bonds. The first-order valence-electron chi connectivity index (χ1n) is 6.92. The van der Waals surface area contributed by atoms with E-state index in [0.29, 0.717) is 24.8 Å². The SMILES string of the molecule is CCCCN(C)c1nc(C)cc(C(=O)NCCOC)n1. The molecule has 1 heterocycles. The lowest BCUT2D eigenvalue weighted by molar-refractivity contribution is 0.0932. The van der Waals surface area contributed by atoms with Crippen molar-refractivity contribution in [3.63, 3.8) is 0 Å². The van der Waals surface area contributed by atoms with Crippen LogP contribution in [0.3, 0.4) is 0 Å². The number of rotatable bonds is 8. The molecule has 0 radical (unpaired) electrons. The van der Waals surface area contributed by atoms with Crippen LogP contribution in [-0.4, -0.2) is 49.7 Å². The monoisotopic (exact) mass is 280 g/mol. The number of carbonyl (C=O) groups excluding carboxylic acids is 1. The van der Waals surface area contributed by atoms with Gasteiger partial charge in [0.1, 0.15) is 5.69 Å². The average Bonchev–Trinajstić information content (AvgIpc) is 2.44. The molecule has 20 heavy (non-hydrogen) atoms. The van der Waals surface area contributed by atoms with Crippen LogP contribution in [0, 0.1) is 6.92 Å². The Morgan fingerprint density at radius 3 is 2.85 bits per heavy atom. The van der Waals surface area contributed by atoms with Crippen molar-refractivity contribution in [2.45, 2.75) is 26.7 Å². The van der Waals surface area contributed by atoms with Gasteiger partial charge in [0, 0.05) is 32.9 Å². The zero-order valence-corrected chi connectivity index (χ0v) is 12.8. The van der Waals surface area contributed by atoms with E-state index < -0.39 is 0 Å². The fraction of sp³-hybridized carbons (Fsp3) is 0.643. The molecule has 0 saturated carbocycles. The lowest BCUT2D eigenvalue weighted by Crippen LogP contribution is -2.29. The van der Waals surface area contributed by atoms with Crippen molar-refractivity contribution in [3.8, 4) is 0 Å². The van der Waals surface area contributed by atoms with Crippen molar-refractivity contribution in [1.29, 1.82) is 0 Å². The number of hydrogen-bond donors (Lipinski definition) is 1. The summed E-state index contributed by atoms with van der Waals surface area (Å²) in [6.45, 7) is 5.84. The molecule has 1 aromatic rings. The molecule has 1 rings (SSSR count). The summed E-state index contributed by atoms with van der Waals surface area (Å²) >= 11 is 0. The highest BCUT2D eigenvalue weighted by Crippen LogP contribution is 2.09. The summed E-state index contributed by atoms with van der Waals surface area (Å²) in [5.41, 5.74) is 1.18. The molecule has 112 valence electrons. The van der Waals surface area contributed by atoms with Crippen molar-refractivity contribution in [2.75, 3.05) is 38.8 Å². The third-order valence-corrected chi connectivity index (χ3v) is 2.86. The number of nitrogens with one attached hydrogen (secondary N) is 1. The van der Waals surface area contributed by atoms with Crippen LogP contribution >= 0.6 is 0 Å². The number of aromatic nitrogens is 2. The third-order valence-electron chi connectivity index (χ3n) is 2.86. The van der Waals surface area contributed by atoms with Gasteiger partial charge in [0.25, 0.3) is 5.91 Å². The van der Waals surface area contributed by atoms with Crippen molar-refractivity contribution < 1.29 is 9.53 Å². The molecule has 1 N–H and O–H groups in total. The van der Waals surface area contributed by atoms with E-state index in [1.807, 2.05) is 18.9 Å². The van der Waals surface area contributed by atoms with Gasteiger partial charge in [-0.3, -0.25) is 4.79 Å². The molecule has 0 fully saturated rings. The molecular formula is C14H24N4O2. The van der Waals surface area contributed by atoms with E-state index in [4.69, 9.17) is 4.74 Å². The summed E-state index contributed by atoms with van der Waals surface area (Å²) < 4.78 is 4.90. The topological polar surface area (TPSA) is 67.4 Å². The molecule has 0 bridgehead atoms. The summed E-state index contributed by atoms with van der Waals surface area (Å²) in [6, 6.07) is 1.69. The van der Waals surface area contributed by atoms with Crippen molar-refractivity contribution >= 4 is 11.9 Å². The fourth-order valence-corrected chi connectivity index (χ4v) is 1.69. The first-order valence-corrected chi connectivity index (χ1v) is 6.92. The number of unbranched alkanes of at least 4 members (excludes halogenated alkanes) is 1. The highest BCUT2D eigenvalue weighted by molar-refractivity contribution is 5.92. The Hall–Kier alpha value is -1.69. The number of hydrogen-bond acceptors (Lipinski definition) is 5. The van der Waals surface area contributed by atoms with Gasteiger partial charge in [-0.2, -0.15) is 0 Å². The molecule has 0 atom stereocenters. The first kappa shape index (κ1) is 16.4. The number of ether oxygens (including phenoxy) is 1. The molecular weight excluding hydrogens is 256 g/mol. The van der Waals surface area contributed by atoms with E-state index in [0.717, 1.165) is 25.1 Å². The Labute approximate surface area is 120 Å². The zero-order chi connectivity index (χ0) is 15.0. The highest BCUT2D eigenvalue weighted by Gasteiger charge is 2.12. The zero-order valence-electron chi connectivity index (χ0n) is 12.8. The van der Waals surface area contributed by atoms with Crippen LogP contribution < -0.4 is 10.2 Å². The normalized spacial score (nSPS) is 10.4. The molecule has 0 spiro atoms. The number of anilines is 1. The summed E-state index contributed by atoms with van der Waals surface area (Å²) in [7, 11) is 3.54. The van der Waals surface area contributed by atoms with Gasteiger partial charge in [-0.15, -0.1) is 0 Å². The van der Waals surface area contributed by atoms with Crippen LogP contribution in [0.1, 0.15) is 35.9 Å². The number of aryl methyl sites for hydroxylation is 1.